The third-order valence-corrected chi connectivity index (χ3v) is 2.96. The fourth-order valence-electron chi connectivity index (χ4n) is 2.03. The summed E-state index contributed by atoms with van der Waals surface area (Å²) in [6.07, 6.45) is 3.21. The SMILES string of the molecule is CC(C)c1cc(Cl)cc2c1[N+](C)=CC2. The molecule has 1 aliphatic rings. The Kier molecular flexibility index (Phi) is 2.36. The van der Waals surface area contributed by atoms with Crippen LogP contribution in [-0.2, 0) is 6.42 Å². The molecule has 1 aliphatic heterocycles. The molecule has 0 amide bonds. The molecule has 74 valence electrons. The summed E-state index contributed by atoms with van der Waals surface area (Å²) in [5.74, 6) is 0.524. The summed E-state index contributed by atoms with van der Waals surface area (Å²) in [6, 6.07) is 4.16. The lowest BCUT2D eigenvalue weighted by Crippen LogP contribution is -1.99. The van der Waals surface area contributed by atoms with Crippen molar-refractivity contribution in [3.05, 3.63) is 28.3 Å². The minimum absolute atomic E-state index is 0.524. The van der Waals surface area contributed by atoms with Crippen molar-refractivity contribution in [2.75, 3.05) is 7.05 Å². The van der Waals surface area contributed by atoms with Crippen LogP contribution in [0.4, 0.5) is 5.69 Å². The van der Waals surface area contributed by atoms with E-state index in [0.29, 0.717) is 5.92 Å². The van der Waals surface area contributed by atoms with E-state index in [0.717, 1.165) is 11.4 Å². The van der Waals surface area contributed by atoms with Gasteiger partial charge in [0.15, 0.2) is 0 Å². The third kappa shape index (κ3) is 1.46. The number of rotatable bonds is 1. The van der Waals surface area contributed by atoms with Crippen molar-refractivity contribution in [3.63, 3.8) is 0 Å². The van der Waals surface area contributed by atoms with E-state index in [2.05, 4.69) is 43.8 Å². The molecule has 0 aliphatic carbocycles. The Balaban J connectivity index is 2.64. The van der Waals surface area contributed by atoms with E-state index >= 15 is 0 Å². The molecule has 0 bridgehead atoms. The molecular formula is C12H15ClN+. The van der Waals surface area contributed by atoms with E-state index in [-0.39, 0.29) is 0 Å². The Morgan fingerprint density at radius 2 is 2.07 bits per heavy atom. The van der Waals surface area contributed by atoms with E-state index in [1.165, 1.54) is 16.8 Å². The van der Waals surface area contributed by atoms with Gasteiger partial charge in [-0.25, -0.2) is 4.58 Å². The van der Waals surface area contributed by atoms with Gasteiger partial charge in [-0.15, -0.1) is 0 Å². The summed E-state index contributed by atoms with van der Waals surface area (Å²) in [5.41, 5.74) is 4.05. The van der Waals surface area contributed by atoms with Gasteiger partial charge in [0.2, 0.25) is 5.69 Å². The second-order valence-electron chi connectivity index (χ2n) is 4.16. The van der Waals surface area contributed by atoms with E-state index in [9.17, 15) is 0 Å². The second-order valence-corrected chi connectivity index (χ2v) is 4.59. The average Bonchev–Trinajstić information content (AvgIpc) is 2.46. The van der Waals surface area contributed by atoms with Crippen LogP contribution in [0.3, 0.4) is 0 Å². The smallest absolute Gasteiger partial charge is 0.205 e. The van der Waals surface area contributed by atoms with Crippen molar-refractivity contribution < 1.29 is 4.58 Å². The Morgan fingerprint density at radius 1 is 1.36 bits per heavy atom. The van der Waals surface area contributed by atoms with Crippen molar-refractivity contribution in [2.45, 2.75) is 26.2 Å². The van der Waals surface area contributed by atoms with Gasteiger partial charge >= 0.3 is 0 Å². The van der Waals surface area contributed by atoms with Crippen molar-refractivity contribution >= 4 is 23.5 Å². The van der Waals surface area contributed by atoms with Crippen molar-refractivity contribution in [3.8, 4) is 0 Å². The summed E-state index contributed by atoms with van der Waals surface area (Å²) < 4.78 is 2.21. The summed E-state index contributed by atoms with van der Waals surface area (Å²) in [4.78, 5) is 0. The normalized spacial score (nSPS) is 14.5. The van der Waals surface area contributed by atoms with Crippen molar-refractivity contribution in [1.82, 2.24) is 0 Å². The van der Waals surface area contributed by atoms with Gasteiger partial charge in [0.25, 0.3) is 0 Å². The minimum Gasteiger partial charge on any atom is -0.205 e. The highest BCUT2D eigenvalue weighted by atomic mass is 35.5. The molecule has 1 aromatic carbocycles. The molecule has 1 nitrogen and oxygen atoms in total. The summed E-state index contributed by atoms with van der Waals surface area (Å²) in [5, 5.41) is 0.858. The van der Waals surface area contributed by atoms with Crippen LogP contribution in [0, 0.1) is 0 Å². The van der Waals surface area contributed by atoms with E-state index < -0.39 is 0 Å². The maximum Gasteiger partial charge on any atom is 0.212 e. The summed E-state index contributed by atoms with van der Waals surface area (Å²) in [6.45, 7) is 4.41. The number of benzene rings is 1. The summed E-state index contributed by atoms with van der Waals surface area (Å²) in [7, 11) is 2.10. The summed E-state index contributed by atoms with van der Waals surface area (Å²) >= 11 is 6.09. The van der Waals surface area contributed by atoms with Crippen LogP contribution in [0.5, 0.6) is 0 Å². The predicted molar refractivity (Wildman–Crippen MR) is 61.2 cm³/mol. The Labute approximate surface area is 90.0 Å². The van der Waals surface area contributed by atoms with Crippen molar-refractivity contribution in [2.24, 2.45) is 0 Å². The first-order valence-corrected chi connectivity index (χ1v) is 5.36. The van der Waals surface area contributed by atoms with Crippen molar-refractivity contribution in [1.29, 1.82) is 0 Å². The van der Waals surface area contributed by atoms with Gasteiger partial charge in [-0.3, -0.25) is 0 Å². The van der Waals surface area contributed by atoms with Crippen LogP contribution in [-0.4, -0.2) is 17.8 Å². The fourth-order valence-corrected chi connectivity index (χ4v) is 2.28. The maximum absolute atomic E-state index is 6.09. The van der Waals surface area contributed by atoms with Gasteiger partial charge in [-0.2, -0.15) is 0 Å². The van der Waals surface area contributed by atoms with Crippen LogP contribution < -0.4 is 0 Å². The Morgan fingerprint density at radius 3 is 2.71 bits per heavy atom. The minimum atomic E-state index is 0.524. The first-order valence-electron chi connectivity index (χ1n) is 4.98. The molecule has 0 N–H and O–H groups in total. The molecule has 2 heteroatoms. The van der Waals surface area contributed by atoms with Crippen LogP contribution >= 0.6 is 11.6 Å². The highest BCUT2D eigenvalue weighted by molar-refractivity contribution is 6.30. The molecule has 1 aromatic rings. The lowest BCUT2D eigenvalue weighted by Gasteiger charge is -2.09. The van der Waals surface area contributed by atoms with Crippen LogP contribution in [0.2, 0.25) is 5.02 Å². The van der Waals surface area contributed by atoms with E-state index in [1.807, 2.05) is 0 Å². The lowest BCUT2D eigenvalue weighted by atomic mass is 9.98. The fraction of sp³-hybridized carbons (Fsp3) is 0.417. The number of nitrogens with zero attached hydrogens (tertiary/aromatic N) is 1. The molecule has 14 heavy (non-hydrogen) atoms. The number of halogens is 1. The van der Waals surface area contributed by atoms with Crippen LogP contribution in [0.1, 0.15) is 30.9 Å². The number of hydrogen-bond acceptors (Lipinski definition) is 0. The van der Waals surface area contributed by atoms with Gasteiger partial charge in [0, 0.05) is 16.1 Å². The zero-order valence-electron chi connectivity index (χ0n) is 8.84. The molecule has 2 rings (SSSR count). The van der Waals surface area contributed by atoms with Crippen LogP contribution in [0.25, 0.3) is 0 Å². The topological polar surface area (TPSA) is 3.01 Å². The molecule has 0 aromatic heterocycles. The second kappa shape index (κ2) is 3.39. The molecule has 0 unspecified atom stereocenters. The molecular weight excluding hydrogens is 194 g/mol. The van der Waals surface area contributed by atoms with Crippen LogP contribution in [0.15, 0.2) is 12.1 Å². The molecule has 0 spiro atoms. The first-order chi connectivity index (χ1) is 6.59. The third-order valence-electron chi connectivity index (χ3n) is 2.74. The number of fused-ring (bicyclic) bond motifs is 1. The first kappa shape index (κ1) is 9.72. The zero-order chi connectivity index (χ0) is 10.3. The zero-order valence-corrected chi connectivity index (χ0v) is 9.60. The van der Waals surface area contributed by atoms with Gasteiger partial charge in [-0.1, -0.05) is 25.4 Å². The Hall–Kier alpha value is -0.820. The molecule has 0 fully saturated rings. The Bertz CT molecular complexity index is 405. The monoisotopic (exact) mass is 208 g/mol. The quantitative estimate of drug-likeness (QED) is 0.623. The predicted octanol–water partition coefficient (Wildman–Crippen LogP) is 3.36. The van der Waals surface area contributed by atoms with E-state index in [4.69, 9.17) is 11.6 Å². The molecule has 0 saturated carbocycles. The molecule has 0 atom stereocenters. The average molecular weight is 209 g/mol. The van der Waals surface area contributed by atoms with Gasteiger partial charge in [-0.05, 0) is 18.1 Å². The van der Waals surface area contributed by atoms with Gasteiger partial charge < -0.3 is 0 Å². The highest BCUT2D eigenvalue weighted by Gasteiger charge is 2.24. The largest absolute Gasteiger partial charge is 0.212 e. The molecule has 1 heterocycles. The van der Waals surface area contributed by atoms with Gasteiger partial charge in [0.1, 0.15) is 13.3 Å². The highest BCUT2D eigenvalue weighted by Crippen LogP contribution is 2.35. The molecule has 0 radical (unpaired) electrons. The standard InChI is InChI=1S/C12H15ClN/c1-8(2)11-7-10(13)6-9-4-5-14(3)12(9)11/h5-8H,4H2,1-3H3/q+1. The maximum atomic E-state index is 6.09. The van der Waals surface area contributed by atoms with E-state index in [1.54, 1.807) is 0 Å². The number of hydrogen-bond donors (Lipinski definition) is 0. The lowest BCUT2D eigenvalue weighted by molar-refractivity contribution is -0.397. The molecule has 0 saturated heterocycles. The van der Waals surface area contributed by atoms with Gasteiger partial charge in [0.05, 0.1) is 6.42 Å².